The zero-order valence-electron chi connectivity index (χ0n) is 16.3. The number of furan rings is 1. The largest absolute Gasteiger partial charge is 0.465 e. The molecule has 2 aliphatic heterocycles. The van der Waals surface area contributed by atoms with Crippen LogP contribution < -0.4 is 10.6 Å². The molecule has 0 radical (unpaired) electrons. The molecular weight excluding hydrogens is 338 g/mol. The summed E-state index contributed by atoms with van der Waals surface area (Å²) in [5.41, 5.74) is 3.59. The average molecular weight is 367 g/mol. The standard InChI is InChI=1S/C22H29N3O2/c1-15-3-6-20-18(11-15)12-21(24-20)22(26)23-13-17-7-9-25(10-8-17)14-19-5-4-16(2)27-19/h3-6,11,17,21,24H,7-10,12-14H2,1-2H3,(H,23,26). The van der Waals surface area contributed by atoms with E-state index in [-0.39, 0.29) is 11.9 Å². The van der Waals surface area contributed by atoms with Gasteiger partial charge in [0.25, 0.3) is 0 Å². The normalized spacial score (nSPS) is 20.3. The predicted octanol–water partition coefficient (Wildman–Crippen LogP) is 3.26. The number of nitrogens with zero attached hydrogens (tertiary/aromatic N) is 1. The third kappa shape index (κ3) is 4.35. The van der Waals surface area contributed by atoms with Gasteiger partial charge in [-0.15, -0.1) is 0 Å². The van der Waals surface area contributed by atoms with Crippen molar-refractivity contribution < 1.29 is 9.21 Å². The Morgan fingerprint density at radius 2 is 2.04 bits per heavy atom. The van der Waals surface area contributed by atoms with E-state index in [4.69, 9.17) is 4.42 Å². The zero-order valence-corrected chi connectivity index (χ0v) is 16.3. The van der Waals surface area contributed by atoms with Crippen LogP contribution in [0.3, 0.4) is 0 Å². The van der Waals surface area contributed by atoms with Crippen LogP contribution >= 0.6 is 0 Å². The molecule has 5 heteroatoms. The smallest absolute Gasteiger partial charge is 0.242 e. The number of aryl methyl sites for hydroxylation is 2. The minimum absolute atomic E-state index is 0.123. The van der Waals surface area contributed by atoms with Crippen molar-refractivity contribution in [3.05, 3.63) is 53.0 Å². The van der Waals surface area contributed by atoms with Gasteiger partial charge in [0.05, 0.1) is 6.54 Å². The summed E-state index contributed by atoms with van der Waals surface area (Å²) in [5, 5.41) is 6.53. The molecule has 0 saturated carbocycles. The number of carbonyl (C=O) groups excluding carboxylic acids is 1. The maximum Gasteiger partial charge on any atom is 0.242 e. The Hall–Kier alpha value is -2.27. The molecule has 2 aliphatic rings. The molecule has 1 unspecified atom stereocenters. The molecule has 0 spiro atoms. The third-order valence-corrected chi connectivity index (χ3v) is 5.78. The number of fused-ring (bicyclic) bond motifs is 1. The maximum atomic E-state index is 12.6. The highest BCUT2D eigenvalue weighted by molar-refractivity contribution is 5.87. The quantitative estimate of drug-likeness (QED) is 0.852. The molecule has 1 aromatic heterocycles. The maximum absolute atomic E-state index is 12.6. The third-order valence-electron chi connectivity index (χ3n) is 5.78. The molecule has 1 amide bonds. The highest BCUT2D eigenvalue weighted by atomic mass is 16.3. The number of hydrogen-bond acceptors (Lipinski definition) is 4. The van der Waals surface area contributed by atoms with E-state index in [1.54, 1.807) is 0 Å². The fourth-order valence-electron chi connectivity index (χ4n) is 4.16. The van der Waals surface area contributed by atoms with Crippen LogP contribution in [0.2, 0.25) is 0 Å². The summed E-state index contributed by atoms with van der Waals surface area (Å²) in [5.74, 6) is 2.70. The fourth-order valence-corrected chi connectivity index (χ4v) is 4.16. The molecule has 2 N–H and O–H groups in total. The summed E-state index contributed by atoms with van der Waals surface area (Å²) >= 11 is 0. The van der Waals surface area contributed by atoms with Gasteiger partial charge < -0.3 is 15.1 Å². The summed E-state index contributed by atoms with van der Waals surface area (Å²) in [6, 6.07) is 10.3. The van der Waals surface area contributed by atoms with Crippen molar-refractivity contribution in [3.8, 4) is 0 Å². The number of amides is 1. The van der Waals surface area contributed by atoms with Gasteiger partial charge in [-0.1, -0.05) is 17.7 Å². The topological polar surface area (TPSA) is 57.5 Å². The molecule has 1 fully saturated rings. The Labute approximate surface area is 161 Å². The van der Waals surface area contributed by atoms with Gasteiger partial charge in [0.2, 0.25) is 5.91 Å². The van der Waals surface area contributed by atoms with Gasteiger partial charge in [0, 0.05) is 18.7 Å². The van der Waals surface area contributed by atoms with E-state index < -0.39 is 0 Å². The van der Waals surface area contributed by atoms with Crippen molar-refractivity contribution in [2.45, 2.75) is 45.7 Å². The van der Waals surface area contributed by atoms with Gasteiger partial charge in [-0.25, -0.2) is 0 Å². The molecule has 1 atom stereocenters. The lowest BCUT2D eigenvalue weighted by Gasteiger charge is -2.31. The summed E-state index contributed by atoms with van der Waals surface area (Å²) < 4.78 is 5.68. The van der Waals surface area contributed by atoms with Crippen LogP contribution in [-0.2, 0) is 17.8 Å². The highest BCUT2D eigenvalue weighted by Crippen LogP contribution is 2.27. The van der Waals surface area contributed by atoms with Crippen molar-refractivity contribution in [1.82, 2.24) is 10.2 Å². The summed E-state index contributed by atoms with van der Waals surface area (Å²) in [4.78, 5) is 15.0. The van der Waals surface area contributed by atoms with E-state index in [0.717, 1.165) is 62.6 Å². The van der Waals surface area contributed by atoms with Gasteiger partial charge in [0.1, 0.15) is 17.6 Å². The lowest BCUT2D eigenvalue weighted by atomic mass is 9.96. The number of piperidine rings is 1. The van der Waals surface area contributed by atoms with Crippen molar-refractivity contribution >= 4 is 11.6 Å². The molecule has 0 bridgehead atoms. The van der Waals surface area contributed by atoms with E-state index in [2.05, 4.69) is 46.7 Å². The van der Waals surface area contributed by atoms with E-state index in [9.17, 15) is 4.79 Å². The lowest BCUT2D eigenvalue weighted by molar-refractivity contribution is -0.122. The monoisotopic (exact) mass is 367 g/mol. The second-order valence-corrected chi connectivity index (χ2v) is 8.04. The Bertz CT molecular complexity index is 806. The Kier molecular flexibility index (Phi) is 5.21. The molecule has 144 valence electrons. The van der Waals surface area contributed by atoms with Crippen LogP contribution in [0.1, 0.15) is 35.5 Å². The molecule has 3 heterocycles. The van der Waals surface area contributed by atoms with Gasteiger partial charge in [-0.05, 0) is 69.5 Å². The van der Waals surface area contributed by atoms with Crippen molar-refractivity contribution in [2.75, 3.05) is 25.0 Å². The lowest BCUT2D eigenvalue weighted by Crippen LogP contribution is -2.43. The molecule has 5 nitrogen and oxygen atoms in total. The minimum Gasteiger partial charge on any atom is -0.465 e. The summed E-state index contributed by atoms with van der Waals surface area (Å²) in [6.45, 7) is 7.86. The second-order valence-electron chi connectivity index (χ2n) is 8.04. The van der Waals surface area contributed by atoms with E-state index in [0.29, 0.717) is 5.92 Å². The predicted molar refractivity (Wildman–Crippen MR) is 107 cm³/mol. The van der Waals surface area contributed by atoms with Gasteiger partial charge in [-0.3, -0.25) is 9.69 Å². The van der Waals surface area contributed by atoms with Gasteiger partial charge >= 0.3 is 0 Å². The molecule has 27 heavy (non-hydrogen) atoms. The molecular formula is C22H29N3O2. The Morgan fingerprint density at radius 1 is 1.22 bits per heavy atom. The first kappa shape index (κ1) is 18.1. The first-order valence-corrected chi connectivity index (χ1v) is 9.98. The zero-order chi connectivity index (χ0) is 18.8. The van der Waals surface area contributed by atoms with Crippen molar-refractivity contribution in [2.24, 2.45) is 5.92 Å². The number of nitrogens with one attached hydrogen (secondary N) is 2. The first-order chi connectivity index (χ1) is 13.1. The molecule has 1 saturated heterocycles. The van der Waals surface area contributed by atoms with E-state index in [1.807, 2.05) is 13.0 Å². The van der Waals surface area contributed by atoms with Gasteiger partial charge in [0.15, 0.2) is 0 Å². The highest BCUT2D eigenvalue weighted by Gasteiger charge is 2.27. The van der Waals surface area contributed by atoms with E-state index >= 15 is 0 Å². The molecule has 1 aromatic carbocycles. The SMILES string of the molecule is Cc1ccc2c(c1)CC(C(=O)NCC1CCN(Cc3ccc(C)o3)CC1)N2. The number of rotatable bonds is 5. The van der Waals surface area contributed by atoms with Crippen LogP contribution in [-0.4, -0.2) is 36.5 Å². The van der Waals surface area contributed by atoms with E-state index in [1.165, 1.54) is 11.1 Å². The molecule has 0 aliphatic carbocycles. The van der Waals surface area contributed by atoms with Crippen molar-refractivity contribution in [3.63, 3.8) is 0 Å². The number of anilines is 1. The van der Waals surface area contributed by atoms with Crippen LogP contribution in [0.25, 0.3) is 0 Å². The first-order valence-electron chi connectivity index (χ1n) is 9.98. The number of benzene rings is 1. The molecule has 4 rings (SSSR count). The second kappa shape index (κ2) is 7.77. The average Bonchev–Trinajstić information content (AvgIpc) is 3.26. The van der Waals surface area contributed by atoms with Crippen LogP contribution in [0, 0.1) is 19.8 Å². The summed E-state index contributed by atoms with van der Waals surface area (Å²) in [6.07, 6.45) is 3.03. The Morgan fingerprint density at radius 3 is 2.78 bits per heavy atom. The molecule has 2 aromatic rings. The number of likely N-dealkylation sites (tertiary alicyclic amines) is 1. The fraction of sp³-hybridized carbons (Fsp3) is 0.500. The number of carbonyl (C=O) groups is 1. The number of hydrogen-bond donors (Lipinski definition) is 2. The Balaban J connectivity index is 1.19. The van der Waals surface area contributed by atoms with Crippen molar-refractivity contribution in [1.29, 1.82) is 0 Å². The van der Waals surface area contributed by atoms with Crippen LogP contribution in [0.15, 0.2) is 34.7 Å². The minimum atomic E-state index is -0.135. The van der Waals surface area contributed by atoms with Crippen LogP contribution in [0.4, 0.5) is 5.69 Å². The summed E-state index contributed by atoms with van der Waals surface area (Å²) in [7, 11) is 0. The van der Waals surface area contributed by atoms with Crippen LogP contribution in [0.5, 0.6) is 0 Å². The van der Waals surface area contributed by atoms with Gasteiger partial charge in [-0.2, -0.15) is 0 Å².